The molecule has 2 aromatic rings. The molecule has 0 amide bonds. The maximum atomic E-state index is 5.84. The SMILES string of the molecule is COc1cc(OC)cc(Oc2cc(Br)cc(CN)c2)c1. The van der Waals surface area contributed by atoms with Gasteiger partial charge in [-0.15, -0.1) is 0 Å². The molecule has 0 saturated carbocycles. The monoisotopic (exact) mass is 337 g/mol. The molecule has 0 radical (unpaired) electrons. The molecule has 2 aromatic carbocycles. The number of ether oxygens (including phenoxy) is 3. The van der Waals surface area contributed by atoms with Crippen molar-refractivity contribution in [1.29, 1.82) is 0 Å². The average molecular weight is 338 g/mol. The van der Waals surface area contributed by atoms with Gasteiger partial charge in [0.05, 0.1) is 14.2 Å². The zero-order chi connectivity index (χ0) is 14.5. The number of halogens is 1. The van der Waals surface area contributed by atoms with Gasteiger partial charge in [0.15, 0.2) is 0 Å². The van der Waals surface area contributed by atoms with Crippen LogP contribution in [0.3, 0.4) is 0 Å². The highest BCUT2D eigenvalue weighted by Crippen LogP contribution is 2.32. The van der Waals surface area contributed by atoms with Gasteiger partial charge in [0.2, 0.25) is 0 Å². The minimum absolute atomic E-state index is 0.456. The highest BCUT2D eigenvalue weighted by atomic mass is 79.9. The zero-order valence-corrected chi connectivity index (χ0v) is 12.9. The Kier molecular flexibility index (Phi) is 4.87. The van der Waals surface area contributed by atoms with Gasteiger partial charge in [-0.3, -0.25) is 0 Å². The van der Waals surface area contributed by atoms with Crippen LogP contribution in [0.15, 0.2) is 40.9 Å². The quantitative estimate of drug-likeness (QED) is 0.903. The van der Waals surface area contributed by atoms with Gasteiger partial charge in [0.25, 0.3) is 0 Å². The van der Waals surface area contributed by atoms with Crippen LogP contribution in [0.4, 0.5) is 0 Å². The van der Waals surface area contributed by atoms with Gasteiger partial charge in [-0.05, 0) is 23.8 Å². The van der Waals surface area contributed by atoms with E-state index >= 15 is 0 Å². The zero-order valence-electron chi connectivity index (χ0n) is 11.4. The van der Waals surface area contributed by atoms with Crippen molar-refractivity contribution in [3.63, 3.8) is 0 Å². The Morgan fingerprint density at radius 1 is 0.850 bits per heavy atom. The van der Waals surface area contributed by atoms with E-state index in [1.807, 2.05) is 18.2 Å². The summed E-state index contributed by atoms with van der Waals surface area (Å²) < 4.78 is 17.2. The standard InChI is InChI=1S/C15H16BrNO3/c1-18-12-6-13(19-2)8-15(7-12)20-14-4-10(9-17)3-11(16)5-14/h3-8H,9,17H2,1-2H3. The Balaban J connectivity index is 2.31. The maximum absolute atomic E-state index is 5.84. The molecule has 0 heterocycles. The van der Waals surface area contributed by atoms with Gasteiger partial charge < -0.3 is 19.9 Å². The molecule has 20 heavy (non-hydrogen) atoms. The van der Waals surface area contributed by atoms with Gasteiger partial charge in [-0.1, -0.05) is 15.9 Å². The summed E-state index contributed by atoms with van der Waals surface area (Å²) in [5.74, 6) is 2.69. The molecule has 0 aliphatic heterocycles. The van der Waals surface area contributed by atoms with Gasteiger partial charge in [0.1, 0.15) is 23.0 Å². The number of methoxy groups -OCH3 is 2. The van der Waals surface area contributed by atoms with Gasteiger partial charge in [-0.2, -0.15) is 0 Å². The fourth-order valence-electron chi connectivity index (χ4n) is 1.77. The topological polar surface area (TPSA) is 53.7 Å². The summed E-state index contributed by atoms with van der Waals surface area (Å²) in [6.07, 6.45) is 0. The number of hydrogen-bond acceptors (Lipinski definition) is 4. The van der Waals surface area contributed by atoms with Crippen molar-refractivity contribution in [3.8, 4) is 23.0 Å². The normalized spacial score (nSPS) is 10.2. The van der Waals surface area contributed by atoms with E-state index in [9.17, 15) is 0 Å². The van der Waals surface area contributed by atoms with Crippen molar-refractivity contribution in [2.24, 2.45) is 5.73 Å². The van der Waals surface area contributed by atoms with E-state index in [-0.39, 0.29) is 0 Å². The molecule has 0 aliphatic rings. The molecule has 0 spiro atoms. The van der Waals surface area contributed by atoms with Crippen molar-refractivity contribution in [2.75, 3.05) is 14.2 Å². The van der Waals surface area contributed by atoms with Gasteiger partial charge >= 0.3 is 0 Å². The van der Waals surface area contributed by atoms with E-state index < -0.39 is 0 Å². The third kappa shape index (κ3) is 3.65. The highest BCUT2D eigenvalue weighted by molar-refractivity contribution is 9.10. The van der Waals surface area contributed by atoms with Crippen molar-refractivity contribution >= 4 is 15.9 Å². The maximum Gasteiger partial charge on any atom is 0.134 e. The molecule has 0 bridgehead atoms. The fraction of sp³-hybridized carbons (Fsp3) is 0.200. The molecule has 2 rings (SSSR count). The van der Waals surface area contributed by atoms with E-state index in [0.29, 0.717) is 29.5 Å². The van der Waals surface area contributed by atoms with Crippen LogP contribution in [0.25, 0.3) is 0 Å². The second-order valence-electron chi connectivity index (χ2n) is 4.15. The lowest BCUT2D eigenvalue weighted by molar-refractivity contribution is 0.386. The molecular formula is C15H16BrNO3. The highest BCUT2D eigenvalue weighted by Gasteiger charge is 2.06. The molecule has 5 heteroatoms. The van der Waals surface area contributed by atoms with Crippen molar-refractivity contribution in [1.82, 2.24) is 0 Å². The summed E-state index contributed by atoms with van der Waals surface area (Å²) in [5, 5.41) is 0. The third-order valence-corrected chi connectivity index (χ3v) is 3.19. The van der Waals surface area contributed by atoms with Crippen LogP contribution in [0, 0.1) is 0 Å². The lowest BCUT2D eigenvalue weighted by atomic mass is 10.2. The van der Waals surface area contributed by atoms with Crippen LogP contribution in [0.1, 0.15) is 5.56 Å². The molecule has 0 unspecified atom stereocenters. The van der Waals surface area contributed by atoms with Gasteiger partial charge in [0, 0.05) is 29.2 Å². The number of rotatable bonds is 5. The smallest absolute Gasteiger partial charge is 0.134 e. The number of nitrogens with two attached hydrogens (primary N) is 1. The first-order chi connectivity index (χ1) is 9.64. The molecule has 0 atom stereocenters. The largest absolute Gasteiger partial charge is 0.496 e. The van der Waals surface area contributed by atoms with E-state index in [0.717, 1.165) is 10.0 Å². The summed E-state index contributed by atoms with van der Waals surface area (Å²) in [4.78, 5) is 0. The first kappa shape index (κ1) is 14.7. The summed E-state index contributed by atoms with van der Waals surface area (Å²) >= 11 is 3.44. The molecular weight excluding hydrogens is 322 g/mol. The summed E-state index contributed by atoms with van der Waals surface area (Å²) in [6, 6.07) is 11.1. The molecule has 0 fully saturated rings. The molecule has 0 aromatic heterocycles. The summed E-state index contributed by atoms with van der Waals surface area (Å²) in [7, 11) is 3.20. The van der Waals surface area contributed by atoms with Crippen molar-refractivity contribution in [2.45, 2.75) is 6.54 Å². The van der Waals surface area contributed by atoms with Crippen molar-refractivity contribution in [3.05, 3.63) is 46.4 Å². The van der Waals surface area contributed by atoms with Crippen LogP contribution >= 0.6 is 15.9 Å². The number of hydrogen-bond donors (Lipinski definition) is 1. The van der Waals surface area contributed by atoms with Crippen LogP contribution in [0.5, 0.6) is 23.0 Å². The predicted octanol–water partition coefficient (Wildman–Crippen LogP) is 3.72. The lowest BCUT2D eigenvalue weighted by Gasteiger charge is -2.11. The molecule has 4 nitrogen and oxygen atoms in total. The van der Waals surface area contributed by atoms with Crippen LogP contribution in [-0.4, -0.2) is 14.2 Å². The Bertz CT molecular complexity index is 579. The summed E-state index contributed by atoms with van der Waals surface area (Å²) in [5.41, 5.74) is 6.65. The fourth-order valence-corrected chi connectivity index (χ4v) is 2.29. The lowest BCUT2D eigenvalue weighted by Crippen LogP contribution is -1.97. The van der Waals surface area contributed by atoms with E-state index in [1.165, 1.54) is 0 Å². The number of benzene rings is 2. The van der Waals surface area contributed by atoms with Crippen LogP contribution in [-0.2, 0) is 6.54 Å². The summed E-state index contributed by atoms with van der Waals surface area (Å²) in [6.45, 7) is 0.456. The Morgan fingerprint density at radius 2 is 1.40 bits per heavy atom. The van der Waals surface area contributed by atoms with Crippen molar-refractivity contribution < 1.29 is 14.2 Å². The first-order valence-corrected chi connectivity index (χ1v) is 6.84. The second kappa shape index (κ2) is 6.63. The Morgan fingerprint density at radius 3 is 1.95 bits per heavy atom. The first-order valence-electron chi connectivity index (χ1n) is 6.05. The average Bonchev–Trinajstić information content (AvgIpc) is 2.46. The molecule has 106 valence electrons. The van der Waals surface area contributed by atoms with E-state index in [4.69, 9.17) is 19.9 Å². The molecule has 0 saturated heterocycles. The van der Waals surface area contributed by atoms with Crippen LogP contribution < -0.4 is 19.9 Å². The Labute approximate surface area is 126 Å². The Hall–Kier alpha value is -1.72. The van der Waals surface area contributed by atoms with Crippen LogP contribution in [0.2, 0.25) is 0 Å². The molecule has 2 N–H and O–H groups in total. The second-order valence-corrected chi connectivity index (χ2v) is 5.07. The third-order valence-electron chi connectivity index (χ3n) is 2.73. The molecule has 0 aliphatic carbocycles. The minimum atomic E-state index is 0.456. The van der Waals surface area contributed by atoms with E-state index in [2.05, 4.69) is 15.9 Å². The predicted molar refractivity (Wildman–Crippen MR) is 81.7 cm³/mol. The van der Waals surface area contributed by atoms with E-state index in [1.54, 1.807) is 32.4 Å². The van der Waals surface area contributed by atoms with Gasteiger partial charge in [-0.25, -0.2) is 0 Å². The minimum Gasteiger partial charge on any atom is -0.496 e.